The van der Waals surface area contributed by atoms with E-state index in [1.165, 1.54) is 5.56 Å². The maximum Gasteiger partial charge on any atom is 0.153 e. The van der Waals surface area contributed by atoms with Gasteiger partial charge in [-0.25, -0.2) is 9.67 Å². The molecule has 0 bridgehead atoms. The van der Waals surface area contributed by atoms with Crippen molar-refractivity contribution in [3.8, 4) is 5.82 Å². The summed E-state index contributed by atoms with van der Waals surface area (Å²) in [6.07, 6.45) is 5.54. The van der Waals surface area contributed by atoms with E-state index in [2.05, 4.69) is 30.0 Å². The summed E-state index contributed by atoms with van der Waals surface area (Å²) in [4.78, 5) is 4.34. The Morgan fingerprint density at radius 1 is 1.29 bits per heavy atom. The molecule has 2 aromatic heterocycles. The van der Waals surface area contributed by atoms with E-state index in [9.17, 15) is 0 Å². The third-order valence-corrected chi connectivity index (χ3v) is 2.18. The van der Waals surface area contributed by atoms with Crippen LogP contribution >= 0.6 is 0 Å². The van der Waals surface area contributed by atoms with Crippen molar-refractivity contribution in [1.82, 2.24) is 14.8 Å². The summed E-state index contributed by atoms with van der Waals surface area (Å²) in [6.45, 7) is 4.31. The maximum absolute atomic E-state index is 4.34. The van der Waals surface area contributed by atoms with Crippen molar-refractivity contribution in [2.75, 3.05) is 0 Å². The lowest BCUT2D eigenvalue weighted by Crippen LogP contribution is -1.98. The van der Waals surface area contributed by atoms with Crippen molar-refractivity contribution in [2.45, 2.75) is 19.8 Å². The summed E-state index contributed by atoms with van der Waals surface area (Å²) in [5, 5.41) is 4.12. The monoisotopic (exact) mass is 187 g/mol. The molecule has 0 saturated carbocycles. The lowest BCUT2D eigenvalue weighted by molar-refractivity contribution is 0.822. The fourth-order valence-corrected chi connectivity index (χ4v) is 1.28. The van der Waals surface area contributed by atoms with Crippen LogP contribution in [0.3, 0.4) is 0 Å². The highest BCUT2D eigenvalue weighted by Crippen LogP contribution is 2.13. The molecule has 0 saturated heterocycles. The van der Waals surface area contributed by atoms with Gasteiger partial charge in [0.25, 0.3) is 0 Å². The number of nitrogens with zero attached hydrogens (tertiary/aromatic N) is 3. The summed E-state index contributed by atoms with van der Waals surface area (Å²) in [7, 11) is 0. The molecule has 72 valence electrons. The molecule has 0 aromatic carbocycles. The smallest absolute Gasteiger partial charge is 0.153 e. The predicted octanol–water partition coefficient (Wildman–Crippen LogP) is 2.39. The molecule has 0 unspecified atom stereocenters. The molecule has 0 amide bonds. The Hall–Kier alpha value is -1.64. The SMILES string of the molecule is CC(C)c1ccc(-n2cccn2)nc1. The number of rotatable bonds is 2. The van der Waals surface area contributed by atoms with Crippen LogP contribution < -0.4 is 0 Å². The van der Waals surface area contributed by atoms with Gasteiger partial charge in [0.1, 0.15) is 0 Å². The van der Waals surface area contributed by atoms with Gasteiger partial charge in [-0.15, -0.1) is 0 Å². The van der Waals surface area contributed by atoms with Gasteiger partial charge in [0.05, 0.1) is 0 Å². The highest BCUT2D eigenvalue weighted by Gasteiger charge is 2.00. The quantitative estimate of drug-likeness (QED) is 0.722. The molecule has 14 heavy (non-hydrogen) atoms. The standard InChI is InChI=1S/C11H13N3/c1-9(2)10-4-5-11(12-8-10)14-7-3-6-13-14/h3-9H,1-2H3. The zero-order chi connectivity index (χ0) is 9.97. The zero-order valence-corrected chi connectivity index (χ0v) is 8.38. The second-order valence-electron chi connectivity index (χ2n) is 3.56. The maximum atomic E-state index is 4.34. The van der Waals surface area contributed by atoms with Crippen LogP contribution in [0, 0.1) is 0 Å². The first-order valence-electron chi connectivity index (χ1n) is 4.73. The van der Waals surface area contributed by atoms with E-state index >= 15 is 0 Å². The van der Waals surface area contributed by atoms with Crippen molar-refractivity contribution in [2.24, 2.45) is 0 Å². The Morgan fingerprint density at radius 3 is 2.64 bits per heavy atom. The summed E-state index contributed by atoms with van der Waals surface area (Å²) in [5.41, 5.74) is 1.25. The van der Waals surface area contributed by atoms with Gasteiger partial charge in [0, 0.05) is 18.6 Å². The van der Waals surface area contributed by atoms with Crippen LogP contribution in [0.5, 0.6) is 0 Å². The van der Waals surface area contributed by atoms with Crippen LogP contribution in [0.1, 0.15) is 25.3 Å². The molecule has 3 nitrogen and oxygen atoms in total. The summed E-state index contributed by atoms with van der Waals surface area (Å²) in [6, 6.07) is 5.97. The van der Waals surface area contributed by atoms with Crippen molar-refractivity contribution >= 4 is 0 Å². The molecule has 0 aliphatic carbocycles. The molecule has 2 heterocycles. The number of hydrogen-bond donors (Lipinski definition) is 0. The topological polar surface area (TPSA) is 30.7 Å². The average Bonchev–Trinajstić information content (AvgIpc) is 2.71. The third kappa shape index (κ3) is 1.66. The first-order valence-corrected chi connectivity index (χ1v) is 4.73. The van der Waals surface area contributed by atoms with E-state index in [-0.39, 0.29) is 0 Å². The third-order valence-electron chi connectivity index (χ3n) is 2.18. The van der Waals surface area contributed by atoms with Gasteiger partial charge in [-0.2, -0.15) is 5.10 Å². The zero-order valence-electron chi connectivity index (χ0n) is 8.38. The number of hydrogen-bond acceptors (Lipinski definition) is 2. The van der Waals surface area contributed by atoms with Crippen LogP contribution in [0.25, 0.3) is 5.82 Å². The van der Waals surface area contributed by atoms with E-state index in [1.54, 1.807) is 10.9 Å². The van der Waals surface area contributed by atoms with Crippen LogP contribution in [0.4, 0.5) is 0 Å². The largest absolute Gasteiger partial charge is 0.237 e. The van der Waals surface area contributed by atoms with E-state index in [0.717, 1.165) is 5.82 Å². The van der Waals surface area contributed by atoms with E-state index < -0.39 is 0 Å². The van der Waals surface area contributed by atoms with E-state index in [1.807, 2.05) is 24.5 Å². The van der Waals surface area contributed by atoms with Crippen molar-refractivity contribution < 1.29 is 0 Å². The van der Waals surface area contributed by atoms with Crippen molar-refractivity contribution in [3.63, 3.8) is 0 Å². The fraction of sp³-hybridized carbons (Fsp3) is 0.273. The minimum Gasteiger partial charge on any atom is -0.237 e. The first-order chi connectivity index (χ1) is 6.77. The lowest BCUT2D eigenvalue weighted by atomic mass is 10.1. The summed E-state index contributed by atoms with van der Waals surface area (Å²) >= 11 is 0. The predicted molar refractivity (Wildman–Crippen MR) is 55.4 cm³/mol. The van der Waals surface area contributed by atoms with Gasteiger partial charge in [-0.05, 0) is 23.6 Å². The van der Waals surface area contributed by atoms with E-state index in [0.29, 0.717) is 5.92 Å². The molecule has 2 aromatic rings. The molecule has 0 spiro atoms. The molecule has 0 atom stereocenters. The molecule has 0 radical (unpaired) electrons. The highest BCUT2D eigenvalue weighted by atomic mass is 15.3. The second kappa shape index (κ2) is 3.62. The Bertz CT molecular complexity index is 387. The molecule has 0 N–H and O–H groups in total. The molecule has 0 aliphatic heterocycles. The highest BCUT2D eigenvalue weighted by molar-refractivity contribution is 5.25. The summed E-state index contributed by atoms with van der Waals surface area (Å²) < 4.78 is 1.75. The second-order valence-corrected chi connectivity index (χ2v) is 3.56. The normalized spacial score (nSPS) is 10.8. The van der Waals surface area contributed by atoms with Gasteiger partial charge in [-0.3, -0.25) is 0 Å². The molecule has 0 aliphatic rings. The van der Waals surface area contributed by atoms with Gasteiger partial charge < -0.3 is 0 Å². The van der Waals surface area contributed by atoms with Gasteiger partial charge in [-0.1, -0.05) is 19.9 Å². The Balaban J connectivity index is 2.31. The minimum absolute atomic E-state index is 0.522. The number of pyridine rings is 1. The minimum atomic E-state index is 0.522. The first kappa shape index (κ1) is 8.94. The number of aromatic nitrogens is 3. The van der Waals surface area contributed by atoms with Crippen LogP contribution in [-0.4, -0.2) is 14.8 Å². The van der Waals surface area contributed by atoms with Crippen molar-refractivity contribution in [3.05, 3.63) is 42.4 Å². The van der Waals surface area contributed by atoms with Crippen LogP contribution in [0.15, 0.2) is 36.8 Å². The Labute approximate surface area is 83.4 Å². The molecule has 2 rings (SSSR count). The van der Waals surface area contributed by atoms with Crippen LogP contribution in [0.2, 0.25) is 0 Å². The molecule has 3 heteroatoms. The van der Waals surface area contributed by atoms with Gasteiger partial charge in [0.15, 0.2) is 5.82 Å². The molecular weight excluding hydrogens is 174 g/mol. The average molecular weight is 187 g/mol. The van der Waals surface area contributed by atoms with E-state index in [4.69, 9.17) is 0 Å². The van der Waals surface area contributed by atoms with Gasteiger partial charge in [0.2, 0.25) is 0 Å². The van der Waals surface area contributed by atoms with Crippen molar-refractivity contribution in [1.29, 1.82) is 0 Å². The summed E-state index contributed by atoms with van der Waals surface area (Å²) in [5.74, 6) is 1.38. The Kier molecular flexibility index (Phi) is 2.31. The van der Waals surface area contributed by atoms with Gasteiger partial charge >= 0.3 is 0 Å². The molecule has 0 fully saturated rings. The fourth-order valence-electron chi connectivity index (χ4n) is 1.28. The molecular formula is C11H13N3. The lowest BCUT2D eigenvalue weighted by Gasteiger charge is -2.05. The Morgan fingerprint density at radius 2 is 2.14 bits per heavy atom. The van der Waals surface area contributed by atoms with Crippen LogP contribution in [-0.2, 0) is 0 Å².